The van der Waals surface area contributed by atoms with E-state index in [2.05, 4.69) is 18.8 Å². The lowest BCUT2D eigenvalue weighted by molar-refractivity contribution is 0.154. The van der Waals surface area contributed by atoms with E-state index in [0.29, 0.717) is 12.5 Å². The molecule has 0 saturated heterocycles. The fourth-order valence-electron chi connectivity index (χ4n) is 2.01. The molecule has 0 amide bonds. The summed E-state index contributed by atoms with van der Waals surface area (Å²) >= 11 is 0. The van der Waals surface area contributed by atoms with Gasteiger partial charge >= 0.3 is 0 Å². The van der Waals surface area contributed by atoms with Crippen molar-refractivity contribution in [2.75, 3.05) is 6.54 Å². The molecular formula is C11H16N2O. The predicted molar refractivity (Wildman–Crippen MR) is 55.3 cm³/mol. The van der Waals surface area contributed by atoms with Crippen molar-refractivity contribution in [1.82, 2.24) is 4.98 Å². The maximum atomic E-state index is 5.83. The van der Waals surface area contributed by atoms with Crippen molar-refractivity contribution >= 4 is 0 Å². The van der Waals surface area contributed by atoms with Gasteiger partial charge in [-0.3, -0.25) is 4.98 Å². The van der Waals surface area contributed by atoms with Gasteiger partial charge in [0.05, 0.1) is 11.6 Å². The van der Waals surface area contributed by atoms with Gasteiger partial charge in [-0.15, -0.1) is 0 Å². The zero-order valence-corrected chi connectivity index (χ0v) is 8.60. The van der Waals surface area contributed by atoms with Gasteiger partial charge in [0.25, 0.3) is 0 Å². The molecule has 0 spiro atoms. The van der Waals surface area contributed by atoms with Crippen LogP contribution in [0, 0.1) is 5.92 Å². The topological polar surface area (TPSA) is 48.1 Å². The fourth-order valence-corrected chi connectivity index (χ4v) is 2.01. The Labute approximate surface area is 84.3 Å². The number of rotatable bonds is 2. The van der Waals surface area contributed by atoms with E-state index in [1.807, 2.05) is 12.1 Å². The Morgan fingerprint density at radius 2 is 2.36 bits per heavy atom. The largest absolute Gasteiger partial charge is 0.487 e. The van der Waals surface area contributed by atoms with Crippen LogP contribution in [0.1, 0.15) is 25.5 Å². The van der Waals surface area contributed by atoms with Crippen molar-refractivity contribution in [3.8, 4) is 5.75 Å². The predicted octanol–water partition coefficient (Wildman–Crippen LogP) is 1.54. The van der Waals surface area contributed by atoms with Gasteiger partial charge in [0.15, 0.2) is 0 Å². The summed E-state index contributed by atoms with van der Waals surface area (Å²) in [4.78, 5) is 4.34. The van der Waals surface area contributed by atoms with Gasteiger partial charge < -0.3 is 10.5 Å². The van der Waals surface area contributed by atoms with Crippen LogP contribution in [-0.2, 0) is 0 Å². The summed E-state index contributed by atoms with van der Waals surface area (Å²) in [6.07, 6.45) is 1.98. The first-order chi connectivity index (χ1) is 6.74. The summed E-state index contributed by atoms with van der Waals surface area (Å²) in [6, 6.07) is 3.86. The molecule has 0 unspecified atom stereocenters. The van der Waals surface area contributed by atoms with E-state index in [1.54, 1.807) is 6.20 Å². The molecule has 0 saturated carbocycles. The van der Waals surface area contributed by atoms with E-state index < -0.39 is 0 Å². The smallest absolute Gasteiger partial charge is 0.141 e. The van der Waals surface area contributed by atoms with Crippen LogP contribution in [0.15, 0.2) is 18.3 Å². The third-order valence-electron chi connectivity index (χ3n) is 2.72. The second-order valence-corrected chi connectivity index (χ2v) is 4.06. The molecule has 0 bridgehead atoms. The molecule has 2 rings (SSSR count). The Balaban J connectivity index is 2.34. The van der Waals surface area contributed by atoms with Gasteiger partial charge in [0, 0.05) is 12.7 Å². The second kappa shape index (κ2) is 3.58. The zero-order chi connectivity index (χ0) is 10.1. The van der Waals surface area contributed by atoms with Crippen molar-refractivity contribution in [1.29, 1.82) is 0 Å². The first-order valence-corrected chi connectivity index (χ1v) is 5.05. The van der Waals surface area contributed by atoms with Crippen LogP contribution in [0.3, 0.4) is 0 Å². The third kappa shape index (κ3) is 1.38. The number of hydrogen-bond acceptors (Lipinski definition) is 3. The summed E-state index contributed by atoms with van der Waals surface area (Å²) in [6.45, 7) is 4.91. The zero-order valence-electron chi connectivity index (χ0n) is 8.60. The lowest BCUT2D eigenvalue weighted by Crippen LogP contribution is -2.30. The summed E-state index contributed by atoms with van der Waals surface area (Å²) < 4.78 is 5.83. The van der Waals surface area contributed by atoms with Crippen LogP contribution >= 0.6 is 0 Å². The first kappa shape index (κ1) is 9.46. The van der Waals surface area contributed by atoms with Gasteiger partial charge in [-0.2, -0.15) is 0 Å². The number of ether oxygens (including phenoxy) is 1. The molecule has 76 valence electrons. The van der Waals surface area contributed by atoms with E-state index in [0.717, 1.165) is 11.4 Å². The summed E-state index contributed by atoms with van der Waals surface area (Å²) in [5.41, 5.74) is 6.78. The lowest BCUT2D eigenvalue weighted by Gasteiger charge is -2.20. The molecule has 0 aromatic carbocycles. The molecule has 1 aromatic heterocycles. The van der Waals surface area contributed by atoms with E-state index in [9.17, 15) is 0 Å². The minimum absolute atomic E-state index is 0.185. The van der Waals surface area contributed by atoms with E-state index >= 15 is 0 Å². The number of hydrogen-bond donors (Lipinski definition) is 1. The Kier molecular flexibility index (Phi) is 2.42. The maximum Gasteiger partial charge on any atom is 0.141 e. The summed E-state index contributed by atoms with van der Waals surface area (Å²) in [5, 5.41) is 0. The number of fused-ring (bicyclic) bond motifs is 1. The monoisotopic (exact) mass is 192 g/mol. The van der Waals surface area contributed by atoms with Crippen molar-refractivity contribution in [2.24, 2.45) is 11.7 Å². The highest BCUT2D eigenvalue weighted by molar-refractivity contribution is 5.35. The highest BCUT2D eigenvalue weighted by atomic mass is 16.5. The molecular weight excluding hydrogens is 176 g/mol. The minimum Gasteiger partial charge on any atom is -0.487 e. The average Bonchev–Trinajstić information content (AvgIpc) is 2.56. The standard InChI is InChI=1S/C11H16N2O/c1-7(2)11-8(6-12)10-9(14-11)4-3-5-13-10/h3-5,7-8,11H,6,12H2,1-2H3/t8-,11+/m0/s1. The van der Waals surface area contributed by atoms with Crippen molar-refractivity contribution < 1.29 is 4.74 Å². The number of nitrogens with two attached hydrogens (primary N) is 1. The molecule has 1 aliphatic rings. The van der Waals surface area contributed by atoms with Crippen molar-refractivity contribution in [2.45, 2.75) is 25.9 Å². The van der Waals surface area contributed by atoms with Crippen LogP contribution < -0.4 is 10.5 Å². The molecule has 2 heterocycles. The number of pyridine rings is 1. The molecule has 14 heavy (non-hydrogen) atoms. The lowest BCUT2D eigenvalue weighted by atomic mass is 9.92. The Bertz CT molecular complexity index is 325. The van der Waals surface area contributed by atoms with Gasteiger partial charge in [-0.1, -0.05) is 13.8 Å². The van der Waals surface area contributed by atoms with Gasteiger partial charge in [-0.05, 0) is 18.1 Å². The van der Waals surface area contributed by atoms with Crippen LogP contribution in [0.2, 0.25) is 0 Å². The van der Waals surface area contributed by atoms with E-state index in [-0.39, 0.29) is 12.0 Å². The highest BCUT2D eigenvalue weighted by Gasteiger charge is 2.36. The van der Waals surface area contributed by atoms with Crippen LogP contribution in [-0.4, -0.2) is 17.6 Å². The van der Waals surface area contributed by atoms with Crippen molar-refractivity contribution in [3.63, 3.8) is 0 Å². The van der Waals surface area contributed by atoms with Gasteiger partial charge in [-0.25, -0.2) is 0 Å². The molecule has 1 aliphatic heterocycles. The van der Waals surface area contributed by atoms with Crippen LogP contribution in [0.4, 0.5) is 0 Å². The Hall–Kier alpha value is -1.09. The molecule has 0 fully saturated rings. The summed E-state index contributed by atoms with van der Waals surface area (Å²) in [7, 11) is 0. The van der Waals surface area contributed by atoms with Crippen LogP contribution in [0.5, 0.6) is 5.75 Å². The maximum absolute atomic E-state index is 5.83. The van der Waals surface area contributed by atoms with E-state index in [4.69, 9.17) is 10.5 Å². The van der Waals surface area contributed by atoms with Crippen molar-refractivity contribution in [3.05, 3.63) is 24.0 Å². The minimum atomic E-state index is 0.185. The molecule has 1 aromatic rings. The number of aromatic nitrogens is 1. The van der Waals surface area contributed by atoms with E-state index in [1.165, 1.54) is 0 Å². The number of nitrogens with zero attached hydrogens (tertiary/aromatic N) is 1. The molecule has 0 aliphatic carbocycles. The Morgan fingerprint density at radius 3 is 3.00 bits per heavy atom. The average molecular weight is 192 g/mol. The third-order valence-corrected chi connectivity index (χ3v) is 2.72. The first-order valence-electron chi connectivity index (χ1n) is 5.05. The molecule has 0 radical (unpaired) electrons. The molecule has 3 nitrogen and oxygen atoms in total. The molecule has 3 heteroatoms. The normalized spacial score (nSPS) is 24.9. The Morgan fingerprint density at radius 1 is 1.57 bits per heavy atom. The second-order valence-electron chi connectivity index (χ2n) is 4.06. The summed E-state index contributed by atoms with van der Waals surface area (Å²) in [5.74, 6) is 1.63. The molecule has 2 atom stereocenters. The SMILES string of the molecule is CC(C)[C@H]1Oc2cccnc2[C@@H]1CN. The molecule has 2 N–H and O–H groups in total. The highest BCUT2D eigenvalue weighted by Crippen LogP contribution is 2.38. The van der Waals surface area contributed by atoms with Crippen LogP contribution in [0.25, 0.3) is 0 Å². The van der Waals surface area contributed by atoms with Gasteiger partial charge in [0.2, 0.25) is 0 Å². The fraction of sp³-hybridized carbons (Fsp3) is 0.545. The quantitative estimate of drug-likeness (QED) is 0.773. The van der Waals surface area contributed by atoms with Gasteiger partial charge in [0.1, 0.15) is 11.9 Å².